The van der Waals surface area contributed by atoms with Crippen molar-refractivity contribution in [2.24, 2.45) is 5.92 Å². The van der Waals surface area contributed by atoms with Crippen molar-refractivity contribution in [1.82, 2.24) is 14.7 Å². The van der Waals surface area contributed by atoms with Crippen LogP contribution in [0.3, 0.4) is 0 Å². The zero-order valence-corrected chi connectivity index (χ0v) is 15.9. The van der Waals surface area contributed by atoms with E-state index in [0.29, 0.717) is 39.4 Å². The standard InChI is InChI=1S/C20H28FN3O3/c1-22(14-16-2-4-18(21)5-3-16)19(25)15-23-8-6-17(7-9-23)20(26)24-10-12-27-13-11-24/h2-5,17H,6-15H2,1H3. The summed E-state index contributed by atoms with van der Waals surface area (Å²) in [6, 6.07) is 6.21. The Kier molecular flexibility index (Phi) is 6.79. The first-order chi connectivity index (χ1) is 13.0. The van der Waals surface area contributed by atoms with Gasteiger partial charge in [0.15, 0.2) is 0 Å². The zero-order valence-electron chi connectivity index (χ0n) is 15.9. The summed E-state index contributed by atoms with van der Waals surface area (Å²) in [5.74, 6) is 0.0589. The number of halogens is 1. The minimum atomic E-state index is -0.276. The van der Waals surface area contributed by atoms with Gasteiger partial charge in [-0.3, -0.25) is 14.5 Å². The van der Waals surface area contributed by atoms with E-state index >= 15 is 0 Å². The van der Waals surface area contributed by atoms with Crippen LogP contribution >= 0.6 is 0 Å². The highest BCUT2D eigenvalue weighted by molar-refractivity contribution is 5.79. The van der Waals surface area contributed by atoms with E-state index in [4.69, 9.17) is 4.74 Å². The summed E-state index contributed by atoms with van der Waals surface area (Å²) in [5.41, 5.74) is 0.905. The van der Waals surface area contributed by atoms with Crippen molar-refractivity contribution in [3.8, 4) is 0 Å². The molecular weight excluding hydrogens is 349 g/mol. The third kappa shape index (κ3) is 5.49. The van der Waals surface area contributed by atoms with Crippen molar-refractivity contribution in [3.05, 3.63) is 35.6 Å². The Morgan fingerprint density at radius 1 is 1.11 bits per heavy atom. The minimum Gasteiger partial charge on any atom is -0.378 e. The lowest BCUT2D eigenvalue weighted by Gasteiger charge is -2.35. The molecule has 2 amide bonds. The Hall–Kier alpha value is -1.99. The number of nitrogens with zero attached hydrogens (tertiary/aromatic N) is 3. The van der Waals surface area contributed by atoms with Crippen molar-refractivity contribution in [2.45, 2.75) is 19.4 Å². The van der Waals surface area contributed by atoms with Crippen molar-refractivity contribution in [3.63, 3.8) is 0 Å². The van der Waals surface area contributed by atoms with E-state index in [1.807, 2.05) is 4.90 Å². The van der Waals surface area contributed by atoms with E-state index < -0.39 is 0 Å². The number of carbonyl (C=O) groups is 2. The molecule has 3 rings (SSSR count). The average molecular weight is 377 g/mol. The molecule has 2 heterocycles. The van der Waals surface area contributed by atoms with E-state index in [9.17, 15) is 14.0 Å². The first-order valence-corrected chi connectivity index (χ1v) is 9.60. The maximum Gasteiger partial charge on any atom is 0.236 e. The van der Waals surface area contributed by atoms with Crippen LogP contribution in [0.1, 0.15) is 18.4 Å². The van der Waals surface area contributed by atoms with Gasteiger partial charge < -0.3 is 14.5 Å². The second-order valence-electron chi connectivity index (χ2n) is 7.36. The molecule has 2 fully saturated rings. The number of likely N-dealkylation sites (tertiary alicyclic amines) is 1. The summed E-state index contributed by atoms with van der Waals surface area (Å²) < 4.78 is 18.3. The minimum absolute atomic E-state index is 0.0391. The zero-order chi connectivity index (χ0) is 19.2. The molecular formula is C20H28FN3O3. The van der Waals surface area contributed by atoms with Gasteiger partial charge in [0.05, 0.1) is 19.8 Å². The maximum absolute atomic E-state index is 13.0. The molecule has 2 aliphatic rings. The number of piperidine rings is 1. The van der Waals surface area contributed by atoms with Gasteiger partial charge in [0.2, 0.25) is 11.8 Å². The number of hydrogen-bond donors (Lipinski definition) is 0. The lowest BCUT2D eigenvalue weighted by Crippen LogP contribution is -2.48. The molecule has 0 radical (unpaired) electrons. The van der Waals surface area contributed by atoms with Gasteiger partial charge >= 0.3 is 0 Å². The lowest BCUT2D eigenvalue weighted by molar-refractivity contribution is -0.141. The second-order valence-corrected chi connectivity index (χ2v) is 7.36. The largest absolute Gasteiger partial charge is 0.378 e. The fourth-order valence-electron chi connectivity index (χ4n) is 3.64. The van der Waals surface area contributed by atoms with Crippen LogP contribution in [0.15, 0.2) is 24.3 Å². The van der Waals surface area contributed by atoms with Crippen LogP contribution in [0.25, 0.3) is 0 Å². The highest BCUT2D eigenvalue weighted by Gasteiger charge is 2.30. The third-order valence-electron chi connectivity index (χ3n) is 5.38. The van der Waals surface area contributed by atoms with Crippen molar-refractivity contribution in [2.75, 3.05) is 53.0 Å². The average Bonchev–Trinajstić information content (AvgIpc) is 2.70. The molecule has 6 nitrogen and oxygen atoms in total. The van der Waals surface area contributed by atoms with Crippen LogP contribution < -0.4 is 0 Å². The van der Waals surface area contributed by atoms with Crippen LogP contribution in [0.2, 0.25) is 0 Å². The van der Waals surface area contributed by atoms with Crippen LogP contribution in [0.5, 0.6) is 0 Å². The predicted octanol–water partition coefficient (Wildman–Crippen LogP) is 1.35. The Bertz CT molecular complexity index is 638. The van der Waals surface area contributed by atoms with Gasteiger partial charge in [-0.2, -0.15) is 0 Å². The fraction of sp³-hybridized carbons (Fsp3) is 0.600. The number of benzene rings is 1. The highest BCUT2D eigenvalue weighted by Crippen LogP contribution is 2.20. The number of amides is 2. The Balaban J connectivity index is 1.42. The first kappa shape index (κ1) is 19.8. The number of likely N-dealkylation sites (N-methyl/N-ethyl adjacent to an activating group) is 1. The normalized spacial score (nSPS) is 19.1. The molecule has 0 N–H and O–H groups in total. The first-order valence-electron chi connectivity index (χ1n) is 9.60. The molecule has 0 spiro atoms. The third-order valence-corrected chi connectivity index (χ3v) is 5.38. The number of carbonyl (C=O) groups excluding carboxylic acids is 2. The number of hydrogen-bond acceptors (Lipinski definition) is 4. The van der Waals surface area contributed by atoms with E-state index in [1.165, 1.54) is 12.1 Å². The van der Waals surface area contributed by atoms with Crippen LogP contribution in [-0.2, 0) is 20.9 Å². The molecule has 7 heteroatoms. The maximum atomic E-state index is 13.0. The van der Waals surface area contributed by atoms with E-state index in [1.54, 1.807) is 24.1 Å². The smallest absolute Gasteiger partial charge is 0.236 e. The monoisotopic (exact) mass is 377 g/mol. The molecule has 148 valence electrons. The van der Waals surface area contributed by atoms with Crippen LogP contribution in [-0.4, -0.2) is 79.5 Å². The molecule has 2 aliphatic heterocycles. The summed E-state index contributed by atoms with van der Waals surface area (Å²) in [4.78, 5) is 30.7. The van der Waals surface area contributed by atoms with Gasteiger partial charge in [0.25, 0.3) is 0 Å². The molecule has 0 unspecified atom stereocenters. The molecule has 0 saturated carbocycles. The van der Waals surface area contributed by atoms with Crippen molar-refractivity contribution >= 4 is 11.8 Å². The topological polar surface area (TPSA) is 53.1 Å². The molecule has 0 aromatic heterocycles. The molecule has 0 atom stereocenters. The van der Waals surface area contributed by atoms with E-state index in [2.05, 4.69) is 4.90 Å². The quantitative estimate of drug-likeness (QED) is 0.778. The van der Waals surface area contributed by atoms with Gasteiger partial charge in [-0.05, 0) is 43.6 Å². The second kappa shape index (κ2) is 9.28. The lowest BCUT2D eigenvalue weighted by atomic mass is 9.95. The summed E-state index contributed by atoms with van der Waals surface area (Å²) in [6.07, 6.45) is 1.59. The van der Waals surface area contributed by atoms with Gasteiger partial charge in [-0.1, -0.05) is 12.1 Å². The number of ether oxygens (including phenoxy) is 1. The molecule has 1 aromatic rings. The molecule has 0 bridgehead atoms. The van der Waals surface area contributed by atoms with Gasteiger partial charge in [0.1, 0.15) is 5.82 Å². The summed E-state index contributed by atoms with van der Waals surface area (Å²) in [6.45, 7) is 4.96. The molecule has 0 aliphatic carbocycles. The van der Waals surface area contributed by atoms with Crippen LogP contribution in [0, 0.1) is 11.7 Å². The van der Waals surface area contributed by atoms with Crippen LogP contribution in [0.4, 0.5) is 4.39 Å². The highest BCUT2D eigenvalue weighted by atomic mass is 19.1. The molecule has 27 heavy (non-hydrogen) atoms. The van der Waals surface area contributed by atoms with Gasteiger partial charge in [-0.25, -0.2) is 4.39 Å². The molecule has 1 aromatic carbocycles. The Morgan fingerprint density at radius 2 is 1.74 bits per heavy atom. The summed E-state index contributed by atoms with van der Waals surface area (Å²) >= 11 is 0. The SMILES string of the molecule is CN(Cc1ccc(F)cc1)C(=O)CN1CCC(C(=O)N2CCOCC2)CC1. The van der Waals surface area contributed by atoms with Gasteiger partial charge in [-0.15, -0.1) is 0 Å². The molecule has 2 saturated heterocycles. The number of morpholine rings is 1. The van der Waals surface area contributed by atoms with Crippen molar-refractivity contribution in [1.29, 1.82) is 0 Å². The number of rotatable bonds is 5. The van der Waals surface area contributed by atoms with Gasteiger partial charge in [0, 0.05) is 32.6 Å². The van der Waals surface area contributed by atoms with E-state index in [-0.39, 0.29) is 23.5 Å². The van der Waals surface area contributed by atoms with Crippen molar-refractivity contribution < 1.29 is 18.7 Å². The summed E-state index contributed by atoms with van der Waals surface area (Å²) in [5, 5.41) is 0. The Morgan fingerprint density at radius 3 is 2.37 bits per heavy atom. The summed E-state index contributed by atoms with van der Waals surface area (Å²) in [7, 11) is 1.76. The fourth-order valence-corrected chi connectivity index (χ4v) is 3.64. The predicted molar refractivity (Wildman–Crippen MR) is 99.4 cm³/mol. The Labute approximate surface area is 159 Å². The van der Waals surface area contributed by atoms with E-state index in [0.717, 1.165) is 31.5 Å².